The van der Waals surface area contributed by atoms with Gasteiger partial charge in [0.1, 0.15) is 17.6 Å². The molecule has 7 heteroatoms. The molecule has 0 radical (unpaired) electrons. The monoisotopic (exact) mass is 280 g/mol. The van der Waals surface area contributed by atoms with Gasteiger partial charge < -0.3 is 9.84 Å². The van der Waals surface area contributed by atoms with Crippen molar-refractivity contribution in [2.75, 3.05) is 5.32 Å². The van der Waals surface area contributed by atoms with Gasteiger partial charge in [-0.05, 0) is 18.8 Å². The van der Waals surface area contributed by atoms with Crippen LogP contribution in [0.25, 0.3) is 0 Å². The SMILES string of the molecule is O=c1c(NCc2ccon2)c(Cl)cnn1CC1CC1. The largest absolute Gasteiger partial charge is 0.373 e. The van der Waals surface area contributed by atoms with Crippen LogP contribution in [-0.4, -0.2) is 14.9 Å². The van der Waals surface area contributed by atoms with Crippen LogP contribution in [0.3, 0.4) is 0 Å². The number of rotatable bonds is 5. The second-order valence-electron chi connectivity index (χ2n) is 4.64. The van der Waals surface area contributed by atoms with Gasteiger partial charge in [-0.1, -0.05) is 16.8 Å². The molecule has 2 heterocycles. The van der Waals surface area contributed by atoms with E-state index in [0.717, 1.165) is 0 Å². The minimum absolute atomic E-state index is 0.192. The second-order valence-corrected chi connectivity index (χ2v) is 5.05. The first-order valence-electron chi connectivity index (χ1n) is 6.13. The van der Waals surface area contributed by atoms with Crippen molar-refractivity contribution in [2.24, 2.45) is 5.92 Å². The van der Waals surface area contributed by atoms with Crippen molar-refractivity contribution in [3.63, 3.8) is 0 Å². The van der Waals surface area contributed by atoms with Crippen LogP contribution < -0.4 is 10.9 Å². The first-order valence-corrected chi connectivity index (χ1v) is 6.50. The molecule has 0 amide bonds. The molecule has 6 nitrogen and oxygen atoms in total. The molecule has 1 saturated carbocycles. The van der Waals surface area contributed by atoms with Crippen LogP contribution in [0.5, 0.6) is 0 Å². The molecule has 1 fully saturated rings. The third-order valence-electron chi connectivity index (χ3n) is 3.06. The van der Waals surface area contributed by atoms with Gasteiger partial charge >= 0.3 is 0 Å². The van der Waals surface area contributed by atoms with Crippen molar-refractivity contribution in [3.05, 3.63) is 39.6 Å². The Morgan fingerprint density at radius 2 is 2.37 bits per heavy atom. The zero-order valence-electron chi connectivity index (χ0n) is 10.2. The van der Waals surface area contributed by atoms with Gasteiger partial charge in [0, 0.05) is 12.6 Å². The molecule has 0 aliphatic heterocycles. The molecule has 0 atom stereocenters. The normalized spacial score (nSPS) is 14.6. The summed E-state index contributed by atoms with van der Waals surface area (Å²) in [6.45, 7) is 1.05. The van der Waals surface area contributed by atoms with Gasteiger partial charge in [0.15, 0.2) is 0 Å². The van der Waals surface area contributed by atoms with Crippen LogP contribution >= 0.6 is 11.6 Å². The van der Waals surface area contributed by atoms with Crippen molar-refractivity contribution in [1.82, 2.24) is 14.9 Å². The van der Waals surface area contributed by atoms with E-state index in [0.29, 0.717) is 35.4 Å². The lowest BCUT2D eigenvalue weighted by Crippen LogP contribution is -2.26. The van der Waals surface area contributed by atoms with Gasteiger partial charge in [-0.3, -0.25) is 4.79 Å². The molecule has 0 bridgehead atoms. The van der Waals surface area contributed by atoms with Crippen LogP contribution in [0.15, 0.2) is 27.8 Å². The Morgan fingerprint density at radius 3 is 3.05 bits per heavy atom. The van der Waals surface area contributed by atoms with Crippen LogP contribution in [0.1, 0.15) is 18.5 Å². The molecule has 1 aliphatic carbocycles. The maximum atomic E-state index is 12.2. The van der Waals surface area contributed by atoms with E-state index in [1.807, 2.05) is 0 Å². The fourth-order valence-electron chi connectivity index (χ4n) is 1.81. The van der Waals surface area contributed by atoms with Gasteiger partial charge in [0.25, 0.3) is 5.56 Å². The highest BCUT2D eigenvalue weighted by atomic mass is 35.5. The Balaban J connectivity index is 1.80. The number of hydrogen-bond donors (Lipinski definition) is 1. The van der Waals surface area contributed by atoms with E-state index >= 15 is 0 Å². The lowest BCUT2D eigenvalue weighted by molar-refractivity contribution is 0.412. The molecule has 3 rings (SSSR count). The molecule has 1 aliphatic rings. The Morgan fingerprint density at radius 1 is 1.53 bits per heavy atom. The Labute approximate surface area is 114 Å². The third kappa shape index (κ3) is 2.78. The van der Waals surface area contributed by atoms with Crippen molar-refractivity contribution in [3.8, 4) is 0 Å². The summed E-state index contributed by atoms with van der Waals surface area (Å²) in [7, 11) is 0. The fourth-order valence-corrected chi connectivity index (χ4v) is 2.00. The first-order chi connectivity index (χ1) is 9.24. The van der Waals surface area contributed by atoms with Crippen molar-refractivity contribution in [1.29, 1.82) is 0 Å². The van der Waals surface area contributed by atoms with Crippen molar-refractivity contribution in [2.45, 2.75) is 25.9 Å². The number of anilines is 1. The number of hydrogen-bond acceptors (Lipinski definition) is 5. The minimum atomic E-state index is -0.192. The van der Waals surface area contributed by atoms with Gasteiger partial charge in [-0.2, -0.15) is 5.10 Å². The predicted octanol–water partition coefficient (Wildman–Crippen LogP) is 1.91. The average Bonchev–Trinajstić information content (AvgIpc) is 3.06. The topological polar surface area (TPSA) is 73.0 Å². The predicted molar refractivity (Wildman–Crippen MR) is 70.1 cm³/mol. The molecule has 0 saturated heterocycles. The molecule has 2 aromatic heterocycles. The Kier molecular flexibility index (Phi) is 3.25. The summed E-state index contributed by atoms with van der Waals surface area (Å²) in [6, 6.07) is 1.73. The minimum Gasteiger partial charge on any atom is -0.373 e. The van der Waals surface area contributed by atoms with Gasteiger partial charge in [-0.15, -0.1) is 0 Å². The summed E-state index contributed by atoms with van der Waals surface area (Å²) < 4.78 is 6.20. The fraction of sp³-hybridized carbons (Fsp3) is 0.417. The average molecular weight is 281 g/mol. The highest BCUT2D eigenvalue weighted by Gasteiger charge is 2.23. The van der Waals surface area contributed by atoms with E-state index in [4.69, 9.17) is 16.1 Å². The molecular formula is C12H13ClN4O2. The number of nitrogens with zero attached hydrogens (tertiary/aromatic N) is 3. The summed E-state index contributed by atoms with van der Waals surface area (Å²) in [5.41, 5.74) is 0.879. The number of aromatic nitrogens is 3. The van der Waals surface area contributed by atoms with Crippen LogP contribution in [0.2, 0.25) is 5.02 Å². The molecular weight excluding hydrogens is 268 g/mol. The van der Waals surface area contributed by atoms with E-state index in [1.54, 1.807) is 6.07 Å². The summed E-state index contributed by atoms with van der Waals surface area (Å²) in [6.07, 6.45) is 5.31. The van der Waals surface area contributed by atoms with Gasteiger partial charge in [0.05, 0.1) is 17.8 Å². The van der Waals surface area contributed by atoms with Crippen molar-refractivity contribution < 1.29 is 4.52 Å². The summed E-state index contributed by atoms with van der Waals surface area (Å²) in [5.74, 6) is 0.578. The standard InChI is InChI=1S/C12H13ClN4O2/c13-10-6-15-17(7-8-1-2-8)12(18)11(10)14-5-9-3-4-19-16-9/h3-4,6,8,14H,1-2,5,7H2. The molecule has 19 heavy (non-hydrogen) atoms. The number of nitrogens with one attached hydrogen (secondary N) is 1. The first kappa shape index (κ1) is 12.2. The Hall–Kier alpha value is -1.82. The molecule has 0 spiro atoms. The summed E-state index contributed by atoms with van der Waals surface area (Å²) in [5, 5.41) is 11.1. The lowest BCUT2D eigenvalue weighted by atomic mass is 10.3. The molecule has 0 aromatic carbocycles. The van der Waals surface area contributed by atoms with Gasteiger partial charge in [0.2, 0.25) is 0 Å². The molecule has 2 aromatic rings. The van der Waals surface area contributed by atoms with E-state index < -0.39 is 0 Å². The highest BCUT2D eigenvalue weighted by molar-refractivity contribution is 6.32. The van der Waals surface area contributed by atoms with Crippen LogP contribution in [0, 0.1) is 5.92 Å². The maximum absolute atomic E-state index is 12.2. The van der Waals surface area contributed by atoms with E-state index in [-0.39, 0.29) is 5.56 Å². The molecule has 1 N–H and O–H groups in total. The van der Waals surface area contributed by atoms with E-state index in [1.165, 1.54) is 30.0 Å². The van der Waals surface area contributed by atoms with Crippen LogP contribution in [-0.2, 0) is 13.1 Å². The quantitative estimate of drug-likeness (QED) is 0.906. The second kappa shape index (κ2) is 5.05. The molecule has 100 valence electrons. The smallest absolute Gasteiger partial charge is 0.291 e. The molecule has 0 unspecified atom stereocenters. The zero-order valence-corrected chi connectivity index (χ0v) is 10.9. The Bertz CT molecular complexity index is 619. The third-order valence-corrected chi connectivity index (χ3v) is 3.35. The lowest BCUT2D eigenvalue weighted by Gasteiger charge is -2.09. The summed E-state index contributed by atoms with van der Waals surface area (Å²) >= 11 is 6.01. The van der Waals surface area contributed by atoms with E-state index in [9.17, 15) is 4.79 Å². The van der Waals surface area contributed by atoms with E-state index in [2.05, 4.69) is 15.6 Å². The maximum Gasteiger partial charge on any atom is 0.291 e. The zero-order chi connectivity index (χ0) is 13.2. The number of halogens is 1. The van der Waals surface area contributed by atoms with Gasteiger partial charge in [-0.25, -0.2) is 4.68 Å². The van der Waals surface area contributed by atoms with Crippen molar-refractivity contribution >= 4 is 17.3 Å². The highest BCUT2D eigenvalue weighted by Crippen LogP contribution is 2.30. The summed E-state index contributed by atoms with van der Waals surface area (Å²) in [4.78, 5) is 12.2. The van der Waals surface area contributed by atoms with Crippen LogP contribution in [0.4, 0.5) is 5.69 Å².